The standard InChI is InChI=1S/C24H17Cl2N3O/c1-14-6-5-9-17-21(14)27-23(28-24(17)30)18-13-29(12-15-7-3-2-4-8-15)22-16(18)10-11-19(25)20(22)26/h2-11,13H,12H2,1H3,(H,27,28,30). The normalized spacial score (nSPS) is 11.4. The van der Waals surface area contributed by atoms with E-state index in [4.69, 9.17) is 28.2 Å². The number of para-hydroxylation sites is 1. The third kappa shape index (κ3) is 3.09. The Balaban J connectivity index is 1.78. The SMILES string of the molecule is Cc1cccc2c(=O)[nH]c(-c3cn(Cc4ccccc4)c4c(Cl)c(Cl)ccc34)nc12. The fourth-order valence-corrected chi connectivity index (χ4v) is 4.28. The lowest BCUT2D eigenvalue weighted by atomic mass is 10.1. The van der Waals surface area contributed by atoms with Crippen LogP contribution >= 0.6 is 23.2 Å². The molecule has 0 bridgehead atoms. The number of fused-ring (bicyclic) bond motifs is 2. The first-order valence-electron chi connectivity index (χ1n) is 9.53. The van der Waals surface area contributed by atoms with Gasteiger partial charge in [0.15, 0.2) is 0 Å². The van der Waals surface area contributed by atoms with Gasteiger partial charge < -0.3 is 9.55 Å². The molecule has 1 N–H and O–H groups in total. The molecule has 0 aliphatic rings. The van der Waals surface area contributed by atoms with Gasteiger partial charge in [0.2, 0.25) is 0 Å². The Morgan fingerprint density at radius 2 is 1.77 bits per heavy atom. The van der Waals surface area contributed by atoms with E-state index in [2.05, 4.69) is 21.7 Å². The highest BCUT2D eigenvalue weighted by molar-refractivity contribution is 6.45. The van der Waals surface area contributed by atoms with E-state index in [-0.39, 0.29) is 5.56 Å². The molecule has 4 nitrogen and oxygen atoms in total. The Morgan fingerprint density at radius 1 is 0.967 bits per heavy atom. The summed E-state index contributed by atoms with van der Waals surface area (Å²) in [5.74, 6) is 0.511. The topological polar surface area (TPSA) is 50.7 Å². The third-order valence-electron chi connectivity index (χ3n) is 5.32. The second-order valence-corrected chi connectivity index (χ2v) is 8.08. The number of nitrogens with one attached hydrogen (secondary N) is 1. The highest BCUT2D eigenvalue weighted by Gasteiger charge is 2.18. The first-order valence-corrected chi connectivity index (χ1v) is 10.3. The first kappa shape index (κ1) is 18.9. The third-order valence-corrected chi connectivity index (χ3v) is 6.11. The summed E-state index contributed by atoms with van der Waals surface area (Å²) in [4.78, 5) is 20.5. The van der Waals surface area contributed by atoms with Crippen molar-refractivity contribution in [3.8, 4) is 11.4 Å². The Morgan fingerprint density at radius 3 is 2.57 bits per heavy atom. The molecule has 0 saturated carbocycles. The monoisotopic (exact) mass is 433 g/mol. The molecule has 0 spiro atoms. The van der Waals surface area contributed by atoms with Crippen LogP contribution in [0.15, 0.2) is 71.7 Å². The van der Waals surface area contributed by atoms with E-state index in [0.717, 1.165) is 27.6 Å². The average Bonchev–Trinajstić information content (AvgIpc) is 3.11. The number of halogens is 2. The highest BCUT2D eigenvalue weighted by Crippen LogP contribution is 2.37. The van der Waals surface area contributed by atoms with E-state index in [9.17, 15) is 4.79 Å². The quantitative estimate of drug-likeness (QED) is 0.367. The summed E-state index contributed by atoms with van der Waals surface area (Å²) in [6, 6.07) is 19.4. The Bertz CT molecular complexity index is 1470. The minimum Gasteiger partial charge on any atom is -0.341 e. The first-order chi connectivity index (χ1) is 14.5. The van der Waals surface area contributed by atoms with E-state index in [1.807, 2.05) is 49.5 Å². The molecule has 148 valence electrons. The molecule has 0 radical (unpaired) electrons. The molecule has 0 amide bonds. The van der Waals surface area contributed by atoms with Crippen LogP contribution in [0.1, 0.15) is 11.1 Å². The molecule has 0 fully saturated rings. The molecular weight excluding hydrogens is 417 g/mol. The maximum Gasteiger partial charge on any atom is 0.259 e. The molecule has 2 aromatic heterocycles. The summed E-state index contributed by atoms with van der Waals surface area (Å²) in [6.07, 6.45) is 1.97. The predicted molar refractivity (Wildman–Crippen MR) is 124 cm³/mol. The number of aromatic amines is 1. The van der Waals surface area contributed by atoms with Crippen LogP contribution in [0.4, 0.5) is 0 Å². The van der Waals surface area contributed by atoms with Crippen molar-refractivity contribution < 1.29 is 0 Å². The van der Waals surface area contributed by atoms with Crippen LogP contribution in [0.3, 0.4) is 0 Å². The molecule has 0 saturated heterocycles. The molecule has 5 rings (SSSR count). The van der Waals surface area contributed by atoms with Crippen molar-refractivity contribution in [3.63, 3.8) is 0 Å². The van der Waals surface area contributed by atoms with Gasteiger partial charge in [0.05, 0.1) is 26.5 Å². The molecule has 0 aliphatic heterocycles. The number of rotatable bonds is 3. The molecule has 5 aromatic rings. The van der Waals surface area contributed by atoms with Crippen LogP contribution in [0.5, 0.6) is 0 Å². The van der Waals surface area contributed by atoms with Gasteiger partial charge in [-0.25, -0.2) is 4.98 Å². The largest absolute Gasteiger partial charge is 0.341 e. The summed E-state index contributed by atoms with van der Waals surface area (Å²) in [5, 5.41) is 2.43. The van der Waals surface area contributed by atoms with Gasteiger partial charge in [-0.1, -0.05) is 71.7 Å². The van der Waals surface area contributed by atoms with Gasteiger partial charge in [-0.3, -0.25) is 4.79 Å². The number of nitrogens with zero attached hydrogens (tertiary/aromatic N) is 2. The van der Waals surface area contributed by atoms with E-state index in [1.54, 1.807) is 12.1 Å². The zero-order chi connectivity index (χ0) is 20.8. The molecule has 6 heteroatoms. The molecule has 2 heterocycles. The lowest BCUT2D eigenvalue weighted by Crippen LogP contribution is -2.10. The number of hydrogen-bond acceptors (Lipinski definition) is 2. The zero-order valence-electron chi connectivity index (χ0n) is 16.1. The summed E-state index contributed by atoms with van der Waals surface area (Å²) in [7, 11) is 0. The second-order valence-electron chi connectivity index (χ2n) is 7.30. The smallest absolute Gasteiger partial charge is 0.259 e. The van der Waals surface area contributed by atoms with Crippen LogP contribution in [-0.4, -0.2) is 14.5 Å². The van der Waals surface area contributed by atoms with E-state index < -0.39 is 0 Å². The molecule has 30 heavy (non-hydrogen) atoms. The minimum absolute atomic E-state index is 0.164. The van der Waals surface area contributed by atoms with Crippen molar-refractivity contribution in [2.75, 3.05) is 0 Å². The number of hydrogen-bond donors (Lipinski definition) is 1. The van der Waals surface area contributed by atoms with Gasteiger partial charge in [0, 0.05) is 23.7 Å². The van der Waals surface area contributed by atoms with Crippen molar-refractivity contribution in [1.29, 1.82) is 0 Å². The molecule has 0 unspecified atom stereocenters. The molecule has 0 aliphatic carbocycles. The van der Waals surface area contributed by atoms with Gasteiger partial charge in [0.25, 0.3) is 5.56 Å². The Hall–Kier alpha value is -3.08. The van der Waals surface area contributed by atoms with Crippen molar-refractivity contribution in [3.05, 3.63) is 98.4 Å². The van der Waals surface area contributed by atoms with Gasteiger partial charge in [-0.15, -0.1) is 0 Å². The second kappa shape index (κ2) is 7.31. The van der Waals surface area contributed by atoms with E-state index >= 15 is 0 Å². The van der Waals surface area contributed by atoms with Crippen LogP contribution in [0.25, 0.3) is 33.2 Å². The van der Waals surface area contributed by atoms with Crippen molar-refractivity contribution in [2.24, 2.45) is 0 Å². The lowest BCUT2D eigenvalue weighted by molar-refractivity contribution is 0.837. The lowest BCUT2D eigenvalue weighted by Gasteiger charge is -2.07. The van der Waals surface area contributed by atoms with E-state index in [1.165, 1.54) is 0 Å². The molecular formula is C24H17Cl2N3O. The number of benzene rings is 3. The minimum atomic E-state index is -0.164. The van der Waals surface area contributed by atoms with Crippen molar-refractivity contribution in [2.45, 2.75) is 13.5 Å². The molecule has 3 aromatic carbocycles. The van der Waals surface area contributed by atoms with Crippen molar-refractivity contribution >= 4 is 45.0 Å². The molecule has 0 atom stereocenters. The number of aryl methyl sites for hydroxylation is 1. The summed E-state index contributed by atoms with van der Waals surface area (Å²) in [6.45, 7) is 2.57. The predicted octanol–water partition coefficient (Wildman–Crippen LogP) is 6.21. The average molecular weight is 434 g/mol. The number of H-pyrrole nitrogens is 1. The summed E-state index contributed by atoms with van der Waals surface area (Å²) < 4.78 is 2.05. The Labute approximate surface area is 182 Å². The van der Waals surface area contributed by atoms with Crippen molar-refractivity contribution in [1.82, 2.24) is 14.5 Å². The van der Waals surface area contributed by atoms with Gasteiger partial charge in [0.1, 0.15) is 5.82 Å². The fourth-order valence-electron chi connectivity index (χ4n) is 3.85. The number of aromatic nitrogens is 3. The van der Waals surface area contributed by atoms with Crippen LogP contribution in [0, 0.1) is 6.92 Å². The zero-order valence-corrected chi connectivity index (χ0v) is 17.6. The van der Waals surface area contributed by atoms with E-state index in [0.29, 0.717) is 33.3 Å². The summed E-state index contributed by atoms with van der Waals surface area (Å²) >= 11 is 12.9. The van der Waals surface area contributed by atoms with Gasteiger partial charge in [-0.2, -0.15) is 0 Å². The summed E-state index contributed by atoms with van der Waals surface area (Å²) in [5.41, 5.74) is 4.24. The Kier molecular flexibility index (Phi) is 4.61. The van der Waals surface area contributed by atoms with Gasteiger partial charge >= 0.3 is 0 Å². The van der Waals surface area contributed by atoms with Gasteiger partial charge in [-0.05, 0) is 30.2 Å². The maximum absolute atomic E-state index is 12.7. The fraction of sp³-hybridized carbons (Fsp3) is 0.0833. The van der Waals surface area contributed by atoms with Crippen LogP contribution in [-0.2, 0) is 6.54 Å². The maximum atomic E-state index is 12.7. The van der Waals surface area contributed by atoms with Crippen LogP contribution in [0.2, 0.25) is 10.0 Å². The van der Waals surface area contributed by atoms with Crippen LogP contribution < -0.4 is 5.56 Å². The highest BCUT2D eigenvalue weighted by atomic mass is 35.5.